The number of sulfonamides is 2. The summed E-state index contributed by atoms with van der Waals surface area (Å²) in [5.74, 6) is 0. The van der Waals surface area contributed by atoms with Gasteiger partial charge in [0.1, 0.15) is 0 Å². The Morgan fingerprint density at radius 3 is 1.15 bits per heavy atom. The Morgan fingerprint density at radius 1 is 0.700 bits per heavy atom. The summed E-state index contributed by atoms with van der Waals surface area (Å²) in [5, 5.41) is 0. The van der Waals surface area contributed by atoms with E-state index in [4.69, 9.17) is 0 Å². The second-order valence-corrected chi connectivity index (χ2v) is 11.4. The normalized spacial score (nSPS) is 14.9. The fourth-order valence-electron chi connectivity index (χ4n) is 0.915. The van der Waals surface area contributed by atoms with Crippen molar-refractivity contribution in [2.45, 2.75) is 51.0 Å². The van der Waals surface area contributed by atoms with Gasteiger partial charge in [-0.2, -0.15) is 0 Å². The highest BCUT2D eigenvalue weighted by molar-refractivity contribution is 7.91. The molecule has 0 rings (SSSR count). The number of rotatable bonds is 6. The minimum Gasteiger partial charge on any atom is -0.212 e. The van der Waals surface area contributed by atoms with Crippen LogP contribution in [0.4, 0.5) is 0 Å². The highest BCUT2D eigenvalue weighted by atomic mass is 32.2. The summed E-state index contributed by atoms with van der Waals surface area (Å²) in [4.78, 5) is 0. The van der Waals surface area contributed by atoms with Gasteiger partial charge >= 0.3 is 0 Å². The first-order valence-corrected chi connectivity index (χ1v) is 9.31. The van der Waals surface area contributed by atoms with Crippen molar-refractivity contribution < 1.29 is 16.8 Å². The van der Waals surface area contributed by atoms with Crippen molar-refractivity contribution in [2.75, 3.05) is 13.1 Å². The quantitative estimate of drug-likeness (QED) is 0.712. The Bertz CT molecular complexity index is 485. The minimum atomic E-state index is -3.38. The van der Waals surface area contributed by atoms with E-state index in [0.717, 1.165) is 0 Å². The smallest absolute Gasteiger partial charge is 0.212 e. The van der Waals surface area contributed by atoms with Gasteiger partial charge in [0, 0.05) is 13.1 Å². The summed E-state index contributed by atoms with van der Waals surface area (Å²) in [6, 6.07) is 0. The topological polar surface area (TPSA) is 92.3 Å². The molecule has 2 N–H and O–H groups in total. The molecular weight excluding hydrogens is 300 g/mol. The van der Waals surface area contributed by atoms with Crippen molar-refractivity contribution >= 4 is 20.0 Å². The zero-order valence-corrected chi connectivity index (χ0v) is 14.7. The molecule has 120 valence electrons. The van der Waals surface area contributed by atoms with E-state index in [1.807, 2.05) is 0 Å². The molecule has 0 aromatic heterocycles. The molecule has 0 aliphatic carbocycles. The molecule has 0 aliphatic rings. The van der Waals surface area contributed by atoms with Gasteiger partial charge in [-0.05, 0) is 41.5 Å². The van der Waals surface area contributed by atoms with Gasteiger partial charge in [-0.3, -0.25) is 0 Å². The zero-order chi connectivity index (χ0) is 16.2. The molecule has 0 spiro atoms. The third-order valence-electron chi connectivity index (χ3n) is 2.56. The lowest BCUT2D eigenvalue weighted by atomic mass is 10.3. The van der Waals surface area contributed by atoms with Crippen molar-refractivity contribution in [3.8, 4) is 0 Å². The number of hydrogen-bond acceptors (Lipinski definition) is 4. The van der Waals surface area contributed by atoms with E-state index in [1.54, 1.807) is 53.7 Å². The summed E-state index contributed by atoms with van der Waals surface area (Å²) in [6.07, 6.45) is 3.16. The number of hydrogen-bond donors (Lipinski definition) is 2. The van der Waals surface area contributed by atoms with Crippen molar-refractivity contribution in [1.82, 2.24) is 9.44 Å². The van der Waals surface area contributed by atoms with Crippen LogP contribution in [-0.2, 0) is 20.0 Å². The van der Waals surface area contributed by atoms with Crippen LogP contribution in [0.3, 0.4) is 0 Å². The maximum absolute atomic E-state index is 11.7. The molecule has 0 bridgehead atoms. The average molecular weight is 326 g/mol. The van der Waals surface area contributed by atoms with Crippen molar-refractivity contribution in [2.24, 2.45) is 0 Å². The van der Waals surface area contributed by atoms with Crippen LogP contribution in [-0.4, -0.2) is 39.4 Å². The molecule has 0 fully saturated rings. The van der Waals surface area contributed by atoms with Gasteiger partial charge in [0.2, 0.25) is 20.0 Å². The third-order valence-corrected chi connectivity index (χ3v) is 6.88. The standard InChI is InChI=1S/C12H26N2O4S2/c1-11(2,3)19(15,16)13-9-7-8-10-14-20(17,18)12(4,5)6/h7-8,13-14H,9-10H2,1-6H3/b8-7+. The van der Waals surface area contributed by atoms with Crippen LogP contribution in [0, 0.1) is 0 Å². The van der Waals surface area contributed by atoms with Crippen LogP contribution in [0.1, 0.15) is 41.5 Å². The summed E-state index contributed by atoms with van der Waals surface area (Å²) >= 11 is 0. The van der Waals surface area contributed by atoms with E-state index < -0.39 is 29.5 Å². The van der Waals surface area contributed by atoms with E-state index in [1.165, 1.54) is 0 Å². The lowest BCUT2D eigenvalue weighted by molar-refractivity contribution is 0.547. The molecule has 0 amide bonds. The van der Waals surface area contributed by atoms with Crippen molar-refractivity contribution in [3.63, 3.8) is 0 Å². The van der Waals surface area contributed by atoms with Gasteiger partial charge in [0.05, 0.1) is 9.49 Å². The van der Waals surface area contributed by atoms with E-state index in [9.17, 15) is 16.8 Å². The first-order chi connectivity index (χ1) is 8.71. The summed E-state index contributed by atoms with van der Waals surface area (Å²) < 4.78 is 50.0. The fraction of sp³-hybridized carbons (Fsp3) is 0.833. The molecule has 0 radical (unpaired) electrons. The summed E-state index contributed by atoms with van der Waals surface area (Å²) in [6.45, 7) is 9.92. The van der Waals surface area contributed by atoms with Gasteiger partial charge in [-0.1, -0.05) is 12.2 Å². The predicted octanol–water partition coefficient (Wildman–Crippen LogP) is 0.978. The average Bonchev–Trinajstić information content (AvgIpc) is 2.19. The molecule has 6 nitrogen and oxygen atoms in total. The largest absolute Gasteiger partial charge is 0.216 e. The predicted molar refractivity (Wildman–Crippen MR) is 82.5 cm³/mol. The highest BCUT2D eigenvalue weighted by Gasteiger charge is 2.28. The molecular formula is C12H26N2O4S2. The lowest BCUT2D eigenvalue weighted by Gasteiger charge is -2.19. The van der Waals surface area contributed by atoms with Crippen LogP contribution in [0.15, 0.2) is 12.2 Å². The fourth-order valence-corrected chi connectivity index (χ4v) is 2.41. The summed E-state index contributed by atoms with van der Waals surface area (Å²) in [7, 11) is -6.75. The molecule has 8 heteroatoms. The lowest BCUT2D eigenvalue weighted by Crippen LogP contribution is -2.40. The SMILES string of the molecule is CC(C)(C)S(=O)(=O)NC/C=C/CNS(=O)(=O)C(C)(C)C. The van der Waals surface area contributed by atoms with E-state index in [2.05, 4.69) is 9.44 Å². The van der Waals surface area contributed by atoms with Gasteiger partial charge < -0.3 is 0 Å². The molecule has 0 unspecified atom stereocenters. The van der Waals surface area contributed by atoms with Crippen LogP contribution >= 0.6 is 0 Å². The van der Waals surface area contributed by atoms with Crippen LogP contribution in [0.5, 0.6) is 0 Å². The summed E-state index contributed by atoms with van der Waals surface area (Å²) in [5.41, 5.74) is 0. The molecule has 20 heavy (non-hydrogen) atoms. The van der Waals surface area contributed by atoms with Gasteiger partial charge in [-0.15, -0.1) is 0 Å². The third kappa shape index (κ3) is 5.90. The molecule has 0 saturated heterocycles. The number of nitrogens with one attached hydrogen (secondary N) is 2. The zero-order valence-electron chi connectivity index (χ0n) is 13.0. The molecule has 0 saturated carbocycles. The van der Waals surface area contributed by atoms with E-state index in [0.29, 0.717) is 0 Å². The Labute approximate surface area is 123 Å². The van der Waals surface area contributed by atoms with Crippen molar-refractivity contribution in [3.05, 3.63) is 12.2 Å². The van der Waals surface area contributed by atoms with Gasteiger partial charge in [-0.25, -0.2) is 26.3 Å². The first kappa shape index (κ1) is 19.6. The molecule has 0 aromatic rings. The maximum Gasteiger partial charge on any atom is 0.216 e. The Morgan fingerprint density at radius 2 is 0.950 bits per heavy atom. The Balaban J connectivity index is 4.28. The van der Waals surface area contributed by atoms with Gasteiger partial charge in [0.15, 0.2) is 0 Å². The Hall–Kier alpha value is -0.440. The van der Waals surface area contributed by atoms with E-state index >= 15 is 0 Å². The molecule has 0 atom stereocenters. The molecule has 0 heterocycles. The monoisotopic (exact) mass is 326 g/mol. The van der Waals surface area contributed by atoms with Crippen LogP contribution < -0.4 is 9.44 Å². The Kier molecular flexibility index (Phi) is 6.41. The van der Waals surface area contributed by atoms with Crippen molar-refractivity contribution in [1.29, 1.82) is 0 Å². The van der Waals surface area contributed by atoms with E-state index in [-0.39, 0.29) is 13.1 Å². The van der Waals surface area contributed by atoms with Crippen LogP contribution in [0.2, 0.25) is 0 Å². The minimum absolute atomic E-state index is 0.136. The maximum atomic E-state index is 11.7. The second-order valence-electron chi connectivity index (χ2n) is 6.40. The molecule has 0 aromatic carbocycles. The van der Waals surface area contributed by atoms with Crippen LogP contribution in [0.25, 0.3) is 0 Å². The molecule has 0 aliphatic heterocycles. The second kappa shape index (κ2) is 6.55. The first-order valence-electron chi connectivity index (χ1n) is 6.34. The highest BCUT2D eigenvalue weighted by Crippen LogP contribution is 2.13. The van der Waals surface area contributed by atoms with Gasteiger partial charge in [0.25, 0.3) is 0 Å².